The smallest absolute Gasteiger partial charge is 0.262 e. The number of fused-ring (bicyclic) bond motifs is 1. The summed E-state index contributed by atoms with van der Waals surface area (Å²) in [5.41, 5.74) is 6.06. The zero-order valence-electron chi connectivity index (χ0n) is 20.8. The second kappa shape index (κ2) is 11.4. The van der Waals surface area contributed by atoms with Crippen molar-refractivity contribution in [3.8, 4) is 0 Å². The molecule has 0 aliphatic rings. The van der Waals surface area contributed by atoms with Crippen LogP contribution < -0.4 is 10.7 Å². The van der Waals surface area contributed by atoms with Crippen LogP contribution in [-0.2, 0) is 11.3 Å². The van der Waals surface area contributed by atoms with E-state index in [0.717, 1.165) is 22.2 Å². The van der Waals surface area contributed by atoms with Crippen LogP contribution in [0, 0.1) is 18.7 Å². The molecular formula is C29H28ClFN4O2. The van der Waals surface area contributed by atoms with Gasteiger partial charge in [0.1, 0.15) is 11.9 Å². The van der Waals surface area contributed by atoms with Gasteiger partial charge in [-0.1, -0.05) is 74.0 Å². The minimum atomic E-state index is -0.815. The Balaban J connectivity index is 1.54. The summed E-state index contributed by atoms with van der Waals surface area (Å²) in [5, 5.41) is 8.19. The van der Waals surface area contributed by atoms with E-state index in [1.165, 1.54) is 6.07 Å². The molecule has 0 bridgehead atoms. The number of nitrogens with one attached hydrogen (secondary N) is 2. The second-order valence-electron chi connectivity index (χ2n) is 9.10. The lowest BCUT2D eigenvalue weighted by Gasteiger charge is -2.20. The van der Waals surface area contributed by atoms with Gasteiger partial charge in [-0.05, 0) is 37.1 Å². The minimum absolute atomic E-state index is 0.189. The van der Waals surface area contributed by atoms with Crippen LogP contribution in [0.3, 0.4) is 0 Å². The van der Waals surface area contributed by atoms with E-state index in [2.05, 4.69) is 15.8 Å². The third-order valence-corrected chi connectivity index (χ3v) is 6.62. The average Bonchev–Trinajstić information content (AvgIpc) is 3.14. The Morgan fingerprint density at radius 3 is 2.43 bits per heavy atom. The molecule has 6 nitrogen and oxygen atoms in total. The fraction of sp³-hybridized carbons (Fsp3) is 0.207. The molecule has 0 aliphatic carbocycles. The standard InChI is InChI=1S/C29H28ClFN4O2/c1-18(2)27(33-28(36)22-12-5-7-13-24(22)30)29(37)34-32-16-23-19(3)35(26-15-9-6-11-21(23)26)17-20-10-4-8-14-25(20)31/h4-16,18,27H,17H2,1-3H3,(H,33,36)(H,34,37). The summed E-state index contributed by atoms with van der Waals surface area (Å²) in [7, 11) is 0. The molecule has 2 N–H and O–H groups in total. The highest BCUT2D eigenvalue weighted by atomic mass is 35.5. The highest BCUT2D eigenvalue weighted by molar-refractivity contribution is 6.33. The van der Waals surface area contributed by atoms with Crippen molar-refractivity contribution in [2.45, 2.75) is 33.4 Å². The average molecular weight is 519 g/mol. The van der Waals surface area contributed by atoms with Crippen molar-refractivity contribution in [2.75, 3.05) is 0 Å². The van der Waals surface area contributed by atoms with Gasteiger partial charge >= 0.3 is 0 Å². The lowest BCUT2D eigenvalue weighted by Crippen LogP contribution is -2.48. The molecule has 37 heavy (non-hydrogen) atoms. The first-order chi connectivity index (χ1) is 17.8. The van der Waals surface area contributed by atoms with Crippen LogP contribution in [0.15, 0.2) is 77.9 Å². The number of hydrazone groups is 1. The zero-order valence-corrected chi connectivity index (χ0v) is 21.6. The van der Waals surface area contributed by atoms with Gasteiger partial charge in [0.2, 0.25) is 0 Å². The number of halogens is 2. The normalized spacial score (nSPS) is 12.3. The Hall–Kier alpha value is -3.97. The Morgan fingerprint density at radius 1 is 1.03 bits per heavy atom. The molecule has 2 amide bonds. The first-order valence-electron chi connectivity index (χ1n) is 12.0. The molecule has 4 aromatic rings. The summed E-state index contributed by atoms with van der Waals surface area (Å²) in [6.07, 6.45) is 1.58. The largest absolute Gasteiger partial charge is 0.340 e. The van der Waals surface area contributed by atoms with Crippen LogP contribution in [0.1, 0.15) is 41.0 Å². The van der Waals surface area contributed by atoms with Gasteiger partial charge < -0.3 is 9.88 Å². The molecule has 0 spiro atoms. The van der Waals surface area contributed by atoms with E-state index in [4.69, 9.17) is 11.6 Å². The lowest BCUT2D eigenvalue weighted by atomic mass is 10.0. The van der Waals surface area contributed by atoms with Crippen molar-refractivity contribution in [3.05, 3.63) is 106 Å². The molecule has 0 aliphatic heterocycles. The fourth-order valence-corrected chi connectivity index (χ4v) is 4.47. The van der Waals surface area contributed by atoms with Gasteiger partial charge in [-0.15, -0.1) is 0 Å². The molecule has 0 radical (unpaired) electrons. The van der Waals surface area contributed by atoms with Crippen molar-refractivity contribution in [2.24, 2.45) is 11.0 Å². The highest BCUT2D eigenvalue weighted by Gasteiger charge is 2.25. The lowest BCUT2D eigenvalue weighted by molar-refractivity contribution is -0.123. The van der Waals surface area contributed by atoms with Gasteiger partial charge in [0.05, 0.1) is 23.3 Å². The third-order valence-electron chi connectivity index (χ3n) is 6.29. The molecule has 8 heteroatoms. The number of carbonyl (C=O) groups is 2. The van der Waals surface area contributed by atoms with Gasteiger partial charge in [-0.3, -0.25) is 9.59 Å². The molecule has 0 fully saturated rings. The van der Waals surface area contributed by atoms with Crippen molar-refractivity contribution in [1.29, 1.82) is 0 Å². The Kier molecular flexibility index (Phi) is 8.04. The predicted molar refractivity (Wildman–Crippen MR) is 145 cm³/mol. The van der Waals surface area contributed by atoms with Gasteiger partial charge in [0.25, 0.3) is 11.8 Å². The number of hydrogen-bond donors (Lipinski definition) is 2. The van der Waals surface area contributed by atoms with Gasteiger partial charge in [0, 0.05) is 27.7 Å². The predicted octanol–water partition coefficient (Wildman–Crippen LogP) is 5.70. The summed E-state index contributed by atoms with van der Waals surface area (Å²) in [6.45, 7) is 5.97. The van der Waals surface area contributed by atoms with E-state index in [1.54, 1.807) is 42.6 Å². The van der Waals surface area contributed by atoms with Crippen molar-refractivity contribution < 1.29 is 14.0 Å². The monoisotopic (exact) mass is 518 g/mol. The quantitative estimate of drug-likeness (QED) is 0.232. The Bertz CT molecular complexity index is 1480. The third kappa shape index (κ3) is 5.73. The summed E-state index contributed by atoms with van der Waals surface area (Å²) in [4.78, 5) is 25.6. The van der Waals surface area contributed by atoms with Crippen LogP contribution in [0.25, 0.3) is 10.9 Å². The maximum atomic E-state index is 14.3. The number of rotatable bonds is 8. The van der Waals surface area contributed by atoms with E-state index in [0.29, 0.717) is 22.7 Å². The summed E-state index contributed by atoms with van der Waals surface area (Å²) >= 11 is 6.13. The van der Waals surface area contributed by atoms with Crippen molar-refractivity contribution >= 4 is 40.5 Å². The number of carbonyl (C=O) groups excluding carboxylic acids is 2. The van der Waals surface area contributed by atoms with E-state index in [9.17, 15) is 14.0 Å². The molecule has 1 atom stereocenters. The first kappa shape index (κ1) is 26.1. The van der Waals surface area contributed by atoms with Gasteiger partial charge in [0.15, 0.2) is 0 Å². The van der Waals surface area contributed by atoms with E-state index in [-0.39, 0.29) is 11.7 Å². The maximum Gasteiger partial charge on any atom is 0.262 e. The zero-order chi connectivity index (χ0) is 26.5. The fourth-order valence-electron chi connectivity index (χ4n) is 4.25. The number of para-hydroxylation sites is 1. The Labute approximate surface area is 220 Å². The van der Waals surface area contributed by atoms with Crippen molar-refractivity contribution in [1.82, 2.24) is 15.3 Å². The van der Waals surface area contributed by atoms with Gasteiger partial charge in [-0.2, -0.15) is 5.10 Å². The molecule has 3 aromatic carbocycles. The minimum Gasteiger partial charge on any atom is -0.340 e. The van der Waals surface area contributed by atoms with Crippen LogP contribution in [0.2, 0.25) is 5.02 Å². The number of amides is 2. The van der Waals surface area contributed by atoms with Crippen LogP contribution >= 0.6 is 11.6 Å². The number of hydrogen-bond acceptors (Lipinski definition) is 3. The van der Waals surface area contributed by atoms with Crippen LogP contribution in [0.4, 0.5) is 4.39 Å². The molecule has 4 rings (SSSR count). The summed E-state index contributed by atoms with van der Waals surface area (Å²) < 4.78 is 16.4. The maximum absolute atomic E-state index is 14.3. The van der Waals surface area contributed by atoms with E-state index in [1.807, 2.05) is 55.7 Å². The summed E-state index contributed by atoms with van der Waals surface area (Å²) in [6, 6.07) is 20.3. The van der Waals surface area contributed by atoms with E-state index >= 15 is 0 Å². The van der Waals surface area contributed by atoms with Crippen LogP contribution in [-0.4, -0.2) is 28.6 Å². The SMILES string of the molecule is Cc1c(C=NNC(=O)C(NC(=O)c2ccccc2Cl)C(C)C)c2ccccc2n1Cc1ccccc1F. The molecule has 0 saturated carbocycles. The number of aromatic nitrogens is 1. The number of nitrogens with zero attached hydrogens (tertiary/aromatic N) is 2. The molecular weight excluding hydrogens is 491 g/mol. The Morgan fingerprint density at radius 2 is 1.70 bits per heavy atom. The van der Waals surface area contributed by atoms with Crippen molar-refractivity contribution in [3.63, 3.8) is 0 Å². The highest BCUT2D eigenvalue weighted by Crippen LogP contribution is 2.26. The van der Waals surface area contributed by atoms with E-state index < -0.39 is 17.9 Å². The molecule has 1 unspecified atom stereocenters. The number of benzene rings is 3. The molecule has 1 heterocycles. The first-order valence-corrected chi connectivity index (χ1v) is 12.3. The summed E-state index contributed by atoms with van der Waals surface area (Å²) in [5.74, 6) is -1.33. The van der Waals surface area contributed by atoms with Crippen LogP contribution in [0.5, 0.6) is 0 Å². The van der Waals surface area contributed by atoms with Gasteiger partial charge in [-0.25, -0.2) is 9.82 Å². The molecule has 0 saturated heterocycles. The molecule has 1 aromatic heterocycles. The molecule has 190 valence electrons. The topological polar surface area (TPSA) is 75.5 Å². The second-order valence-corrected chi connectivity index (χ2v) is 9.51.